The number of halogens is 1. The van der Waals surface area contributed by atoms with Gasteiger partial charge in [-0.2, -0.15) is 0 Å². The van der Waals surface area contributed by atoms with Gasteiger partial charge in [-0.15, -0.1) is 0 Å². The van der Waals surface area contributed by atoms with Crippen molar-refractivity contribution in [3.8, 4) is 5.75 Å². The van der Waals surface area contributed by atoms with Crippen LogP contribution in [0.25, 0.3) is 0 Å². The molecule has 2 aromatic rings. The monoisotopic (exact) mass is 334 g/mol. The van der Waals surface area contributed by atoms with Crippen LogP contribution in [0, 0.1) is 10.1 Å². The highest BCUT2D eigenvalue weighted by atomic mass is 35.5. The normalized spacial score (nSPS) is 11.6. The first-order valence-electron chi connectivity index (χ1n) is 6.88. The van der Waals surface area contributed by atoms with Crippen molar-refractivity contribution in [2.75, 3.05) is 6.61 Å². The van der Waals surface area contributed by atoms with Gasteiger partial charge in [0.1, 0.15) is 0 Å². The largest absolute Gasteiger partial charge is 0.477 e. The van der Waals surface area contributed by atoms with E-state index < -0.39 is 4.92 Å². The highest BCUT2D eigenvalue weighted by Crippen LogP contribution is 2.25. The number of rotatable bonds is 6. The van der Waals surface area contributed by atoms with E-state index in [9.17, 15) is 14.9 Å². The lowest BCUT2D eigenvalue weighted by atomic mass is 10.1. The van der Waals surface area contributed by atoms with Crippen LogP contribution < -0.4 is 10.1 Å². The van der Waals surface area contributed by atoms with E-state index in [1.807, 2.05) is 13.0 Å². The van der Waals surface area contributed by atoms with Gasteiger partial charge in [0.2, 0.25) is 0 Å². The molecular formula is C16H15ClN2O4. The highest BCUT2D eigenvalue weighted by molar-refractivity contribution is 6.30. The highest BCUT2D eigenvalue weighted by Gasteiger charge is 2.16. The number of para-hydroxylation sites is 2. The first-order chi connectivity index (χ1) is 11.0. The molecule has 0 heterocycles. The Morgan fingerprint density at radius 3 is 2.74 bits per heavy atom. The maximum atomic E-state index is 11.9. The average Bonchev–Trinajstić information content (AvgIpc) is 2.53. The Balaban J connectivity index is 1.94. The lowest BCUT2D eigenvalue weighted by molar-refractivity contribution is -0.385. The van der Waals surface area contributed by atoms with Crippen LogP contribution in [0.5, 0.6) is 5.75 Å². The first kappa shape index (κ1) is 16.8. The number of carbonyl (C=O) groups is 1. The Labute approximate surface area is 138 Å². The van der Waals surface area contributed by atoms with Crippen LogP contribution in [-0.2, 0) is 4.79 Å². The second kappa shape index (κ2) is 7.60. The number of nitrogens with one attached hydrogen (secondary N) is 1. The van der Waals surface area contributed by atoms with E-state index >= 15 is 0 Å². The molecule has 0 spiro atoms. The number of nitrogens with zero attached hydrogens (tertiary/aromatic N) is 1. The van der Waals surface area contributed by atoms with Crippen molar-refractivity contribution in [3.05, 3.63) is 69.2 Å². The fraction of sp³-hybridized carbons (Fsp3) is 0.188. The van der Waals surface area contributed by atoms with E-state index in [0.29, 0.717) is 5.02 Å². The summed E-state index contributed by atoms with van der Waals surface area (Å²) in [5, 5.41) is 14.2. The lowest BCUT2D eigenvalue weighted by Gasteiger charge is -2.15. The van der Waals surface area contributed by atoms with Crippen molar-refractivity contribution >= 4 is 23.2 Å². The molecule has 120 valence electrons. The first-order valence-corrected chi connectivity index (χ1v) is 7.26. The topological polar surface area (TPSA) is 81.5 Å². The number of ether oxygens (including phenoxy) is 1. The predicted molar refractivity (Wildman–Crippen MR) is 86.6 cm³/mol. The molecule has 2 aromatic carbocycles. The molecule has 0 bridgehead atoms. The molecule has 0 saturated carbocycles. The Morgan fingerprint density at radius 1 is 1.30 bits per heavy atom. The SMILES string of the molecule is C[C@@H](NC(=O)COc1ccccc1[N+](=O)[O-])c1cccc(Cl)c1. The van der Waals surface area contributed by atoms with Gasteiger partial charge in [-0.25, -0.2) is 0 Å². The van der Waals surface area contributed by atoms with Gasteiger partial charge >= 0.3 is 5.69 Å². The van der Waals surface area contributed by atoms with Crippen LogP contribution in [0.1, 0.15) is 18.5 Å². The van der Waals surface area contributed by atoms with Gasteiger partial charge in [0, 0.05) is 11.1 Å². The van der Waals surface area contributed by atoms with Crippen LogP contribution in [-0.4, -0.2) is 17.4 Å². The molecule has 0 saturated heterocycles. The molecule has 1 atom stereocenters. The maximum Gasteiger partial charge on any atom is 0.310 e. The summed E-state index contributed by atoms with van der Waals surface area (Å²) in [7, 11) is 0. The predicted octanol–water partition coefficient (Wildman–Crippen LogP) is 3.50. The minimum atomic E-state index is -0.554. The third kappa shape index (κ3) is 4.69. The molecular weight excluding hydrogens is 320 g/mol. The molecule has 0 unspecified atom stereocenters. The van der Waals surface area contributed by atoms with E-state index in [-0.39, 0.29) is 30.0 Å². The van der Waals surface area contributed by atoms with Gasteiger partial charge in [0.15, 0.2) is 12.4 Å². The Kier molecular flexibility index (Phi) is 5.54. The number of benzene rings is 2. The number of nitro benzene ring substituents is 1. The minimum absolute atomic E-state index is 0.0584. The molecule has 0 aliphatic carbocycles. The quantitative estimate of drug-likeness (QED) is 0.647. The lowest BCUT2D eigenvalue weighted by Crippen LogP contribution is -2.31. The Bertz CT molecular complexity index is 721. The molecule has 1 amide bonds. The zero-order valence-corrected chi connectivity index (χ0v) is 13.1. The number of hydrogen-bond acceptors (Lipinski definition) is 4. The van der Waals surface area contributed by atoms with E-state index in [4.69, 9.17) is 16.3 Å². The van der Waals surface area contributed by atoms with Gasteiger partial charge in [-0.05, 0) is 30.7 Å². The van der Waals surface area contributed by atoms with Gasteiger partial charge in [0.25, 0.3) is 5.91 Å². The second-order valence-corrected chi connectivity index (χ2v) is 5.29. The zero-order valence-electron chi connectivity index (χ0n) is 12.4. The number of amides is 1. The molecule has 0 aromatic heterocycles. The van der Waals surface area contributed by atoms with E-state index in [1.165, 1.54) is 18.2 Å². The number of nitro groups is 1. The van der Waals surface area contributed by atoms with Gasteiger partial charge < -0.3 is 10.1 Å². The van der Waals surface area contributed by atoms with Crippen molar-refractivity contribution in [3.63, 3.8) is 0 Å². The van der Waals surface area contributed by atoms with Gasteiger partial charge in [-0.1, -0.05) is 35.9 Å². The van der Waals surface area contributed by atoms with Crippen LogP contribution in [0.3, 0.4) is 0 Å². The summed E-state index contributed by atoms with van der Waals surface area (Å²) in [5.41, 5.74) is 0.680. The zero-order chi connectivity index (χ0) is 16.8. The van der Waals surface area contributed by atoms with Crippen molar-refractivity contribution in [1.82, 2.24) is 5.32 Å². The summed E-state index contributed by atoms with van der Waals surface area (Å²) in [4.78, 5) is 22.2. The number of carbonyl (C=O) groups excluding carboxylic acids is 1. The molecule has 0 aliphatic rings. The molecule has 0 aliphatic heterocycles. The van der Waals surface area contributed by atoms with Crippen LogP contribution in [0.4, 0.5) is 5.69 Å². The number of hydrogen-bond donors (Lipinski definition) is 1. The summed E-state index contributed by atoms with van der Waals surface area (Å²) in [6, 6.07) is 12.8. The summed E-state index contributed by atoms with van der Waals surface area (Å²) in [6.45, 7) is 1.50. The van der Waals surface area contributed by atoms with Crippen LogP contribution >= 0.6 is 11.6 Å². The standard InChI is InChI=1S/C16H15ClN2O4/c1-11(12-5-4-6-13(17)9-12)18-16(20)10-23-15-8-3-2-7-14(15)19(21)22/h2-9,11H,10H2,1H3,(H,18,20)/t11-/m1/s1. The minimum Gasteiger partial charge on any atom is -0.477 e. The van der Waals surface area contributed by atoms with E-state index in [1.54, 1.807) is 24.3 Å². The average molecular weight is 335 g/mol. The summed E-state index contributed by atoms with van der Waals surface area (Å²) in [6.07, 6.45) is 0. The van der Waals surface area contributed by atoms with Gasteiger partial charge in [-0.3, -0.25) is 14.9 Å². The molecule has 6 nitrogen and oxygen atoms in total. The fourth-order valence-corrected chi connectivity index (χ4v) is 2.21. The maximum absolute atomic E-state index is 11.9. The van der Waals surface area contributed by atoms with Crippen LogP contribution in [0.2, 0.25) is 5.02 Å². The molecule has 2 rings (SSSR count). The van der Waals surface area contributed by atoms with Crippen LogP contribution in [0.15, 0.2) is 48.5 Å². The molecule has 0 radical (unpaired) electrons. The van der Waals surface area contributed by atoms with E-state index in [2.05, 4.69) is 5.32 Å². The molecule has 23 heavy (non-hydrogen) atoms. The molecule has 1 N–H and O–H groups in total. The smallest absolute Gasteiger partial charge is 0.310 e. The summed E-state index contributed by atoms with van der Waals surface area (Å²) < 4.78 is 5.24. The van der Waals surface area contributed by atoms with Crippen molar-refractivity contribution < 1.29 is 14.5 Å². The second-order valence-electron chi connectivity index (χ2n) is 4.86. The third-order valence-corrected chi connectivity index (χ3v) is 3.38. The van der Waals surface area contributed by atoms with E-state index in [0.717, 1.165) is 5.56 Å². The van der Waals surface area contributed by atoms with Crippen molar-refractivity contribution in [1.29, 1.82) is 0 Å². The summed E-state index contributed by atoms with van der Waals surface area (Å²) >= 11 is 5.91. The van der Waals surface area contributed by atoms with Crippen molar-refractivity contribution in [2.45, 2.75) is 13.0 Å². The molecule has 7 heteroatoms. The third-order valence-electron chi connectivity index (χ3n) is 3.15. The summed E-state index contributed by atoms with van der Waals surface area (Å²) in [5.74, 6) is -0.321. The Hall–Kier alpha value is -2.60. The van der Waals surface area contributed by atoms with Crippen molar-refractivity contribution in [2.24, 2.45) is 0 Å². The van der Waals surface area contributed by atoms with Gasteiger partial charge in [0.05, 0.1) is 11.0 Å². The fourth-order valence-electron chi connectivity index (χ4n) is 2.02. The Morgan fingerprint density at radius 2 is 2.04 bits per heavy atom. The molecule has 0 fully saturated rings.